The van der Waals surface area contributed by atoms with Crippen molar-refractivity contribution < 1.29 is 24.1 Å². The summed E-state index contributed by atoms with van der Waals surface area (Å²) >= 11 is 6.14. The number of ether oxygens (including phenoxy) is 3. The Balaban J connectivity index is 3.48. The first-order valence-corrected chi connectivity index (χ1v) is 6.37. The van der Waals surface area contributed by atoms with Crippen LogP contribution in [-0.4, -0.2) is 32.4 Å². The number of aliphatic carboxylic acids is 1. The highest BCUT2D eigenvalue weighted by molar-refractivity contribution is 6.32. The minimum absolute atomic E-state index is 0.200. The number of hydrogen-bond acceptors (Lipinski definition) is 4. The second-order valence-electron chi connectivity index (χ2n) is 4.97. The maximum absolute atomic E-state index is 11.3. The summed E-state index contributed by atoms with van der Waals surface area (Å²) in [4.78, 5) is 11.3. The fraction of sp³-hybridized carbons (Fsp3) is 0.500. The maximum atomic E-state index is 11.3. The van der Waals surface area contributed by atoms with Crippen LogP contribution in [0.3, 0.4) is 0 Å². The molecule has 112 valence electrons. The quantitative estimate of drug-likeness (QED) is 0.875. The molecule has 0 spiro atoms. The van der Waals surface area contributed by atoms with E-state index in [-0.39, 0.29) is 6.42 Å². The fourth-order valence-electron chi connectivity index (χ4n) is 1.92. The van der Waals surface area contributed by atoms with Crippen molar-refractivity contribution in [1.82, 2.24) is 0 Å². The molecule has 1 N–H and O–H groups in total. The lowest BCUT2D eigenvalue weighted by molar-refractivity contribution is -0.146. The minimum Gasteiger partial charge on any atom is -0.495 e. The molecule has 0 aliphatic rings. The molecule has 1 aromatic rings. The molecule has 0 heterocycles. The van der Waals surface area contributed by atoms with E-state index in [1.54, 1.807) is 19.9 Å². The average Bonchev–Trinajstić information content (AvgIpc) is 2.37. The lowest BCUT2D eigenvalue weighted by Gasteiger charge is -2.23. The Labute approximate surface area is 123 Å². The maximum Gasteiger partial charge on any atom is 0.309 e. The van der Waals surface area contributed by atoms with Crippen LogP contribution >= 0.6 is 11.6 Å². The van der Waals surface area contributed by atoms with Crippen LogP contribution in [0, 0.1) is 5.41 Å². The normalized spacial score (nSPS) is 11.1. The Morgan fingerprint density at radius 2 is 1.75 bits per heavy atom. The Morgan fingerprint density at radius 3 is 2.15 bits per heavy atom. The molecule has 5 nitrogen and oxygen atoms in total. The molecule has 20 heavy (non-hydrogen) atoms. The summed E-state index contributed by atoms with van der Waals surface area (Å²) in [6, 6.07) is 1.58. The van der Waals surface area contributed by atoms with Crippen molar-refractivity contribution in [3.05, 3.63) is 16.7 Å². The summed E-state index contributed by atoms with van der Waals surface area (Å²) in [7, 11) is 4.46. The number of carboxylic acids is 1. The largest absolute Gasteiger partial charge is 0.495 e. The minimum atomic E-state index is -0.990. The van der Waals surface area contributed by atoms with E-state index in [0.29, 0.717) is 27.8 Å². The van der Waals surface area contributed by atoms with Gasteiger partial charge >= 0.3 is 5.97 Å². The highest BCUT2D eigenvalue weighted by Gasteiger charge is 2.32. The van der Waals surface area contributed by atoms with Gasteiger partial charge in [0.2, 0.25) is 0 Å². The Bertz CT molecular complexity index is 511. The van der Waals surface area contributed by atoms with Crippen LogP contribution in [0.5, 0.6) is 17.2 Å². The molecule has 0 atom stereocenters. The van der Waals surface area contributed by atoms with Crippen molar-refractivity contribution in [3.63, 3.8) is 0 Å². The standard InChI is InChI=1S/C14H19ClO5/c1-14(2,13(16)17)7-8-11(19-4)9(15)6-10(18-3)12(8)20-5/h6H,7H2,1-5H3,(H,16,17). The molecule has 1 aromatic carbocycles. The Kier molecular flexibility index (Phi) is 5.11. The van der Waals surface area contributed by atoms with Crippen molar-refractivity contribution >= 4 is 17.6 Å². The van der Waals surface area contributed by atoms with E-state index in [9.17, 15) is 9.90 Å². The van der Waals surface area contributed by atoms with Gasteiger partial charge in [0.15, 0.2) is 11.5 Å². The second-order valence-corrected chi connectivity index (χ2v) is 5.38. The molecule has 6 heteroatoms. The van der Waals surface area contributed by atoms with Crippen LogP contribution in [0.25, 0.3) is 0 Å². The van der Waals surface area contributed by atoms with Crippen molar-refractivity contribution in [2.75, 3.05) is 21.3 Å². The molecule has 0 aliphatic heterocycles. The van der Waals surface area contributed by atoms with E-state index < -0.39 is 11.4 Å². The van der Waals surface area contributed by atoms with Crippen LogP contribution in [0.1, 0.15) is 19.4 Å². The van der Waals surface area contributed by atoms with Gasteiger partial charge in [-0.3, -0.25) is 4.79 Å². The second kappa shape index (κ2) is 6.22. The third-order valence-corrected chi connectivity index (χ3v) is 3.35. The topological polar surface area (TPSA) is 65.0 Å². The molecule has 0 saturated heterocycles. The van der Waals surface area contributed by atoms with Gasteiger partial charge in [-0.15, -0.1) is 0 Å². The predicted molar refractivity (Wildman–Crippen MR) is 76.2 cm³/mol. The van der Waals surface area contributed by atoms with Crippen molar-refractivity contribution in [1.29, 1.82) is 0 Å². The number of rotatable bonds is 6. The van der Waals surface area contributed by atoms with Crippen molar-refractivity contribution in [2.45, 2.75) is 20.3 Å². The zero-order valence-electron chi connectivity index (χ0n) is 12.2. The summed E-state index contributed by atoms with van der Waals surface area (Å²) < 4.78 is 15.8. The number of benzene rings is 1. The van der Waals surface area contributed by atoms with Gasteiger partial charge in [-0.05, 0) is 20.3 Å². The Hall–Kier alpha value is -1.62. The van der Waals surface area contributed by atoms with Crippen LogP contribution < -0.4 is 14.2 Å². The lowest BCUT2D eigenvalue weighted by Crippen LogP contribution is -2.26. The van der Waals surface area contributed by atoms with Gasteiger partial charge in [0.1, 0.15) is 5.75 Å². The van der Waals surface area contributed by atoms with E-state index in [1.807, 2.05) is 0 Å². The molecule has 0 aliphatic carbocycles. The summed E-state index contributed by atoms with van der Waals surface area (Å²) in [6.45, 7) is 3.25. The molecule has 0 fully saturated rings. The number of methoxy groups -OCH3 is 3. The van der Waals surface area contributed by atoms with E-state index in [2.05, 4.69) is 0 Å². The lowest BCUT2D eigenvalue weighted by atomic mass is 9.85. The molecule has 0 radical (unpaired) electrons. The SMILES string of the molecule is COc1cc(Cl)c(OC)c(CC(C)(C)C(=O)O)c1OC. The summed E-state index contributed by atoms with van der Waals surface area (Å²) in [5.41, 5.74) is -0.414. The van der Waals surface area contributed by atoms with Gasteiger partial charge < -0.3 is 19.3 Å². The van der Waals surface area contributed by atoms with Crippen LogP contribution in [0.15, 0.2) is 6.07 Å². The van der Waals surface area contributed by atoms with Gasteiger partial charge in [-0.25, -0.2) is 0 Å². The summed E-state index contributed by atoms with van der Waals surface area (Å²) in [5.74, 6) is 0.358. The Morgan fingerprint density at radius 1 is 1.20 bits per heavy atom. The molecule has 0 saturated carbocycles. The van der Waals surface area contributed by atoms with Crippen LogP contribution in [0.2, 0.25) is 5.02 Å². The smallest absolute Gasteiger partial charge is 0.309 e. The van der Waals surface area contributed by atoms with Crippen LogP contribution in [-0.2, 0) is 11.2 Å². The van der Waals surface area contributed by atoms with Crippen molar-refractivity contribution in [2.24, 2.45) is 5.41 Å². The number of hydrogen-bond donors (Lipinski definition) is 1. The number of carbonyl (C=O) groups is 1. The third kappa shape index (κ3) is 3.10. The molecule has 0 aromatic heterocycles. The fourth-order valence-corrected chi connectivity index (χ4v) is 2.21. The molecule has 0 amide bonds. The monoisotopic (exact) mass is 302 g/mol. The molecular weight excluding hydrogens is 284 g/mol. The van der Waals surface area contributed by atoms with Crippen LogP contribution in [0.4, 0.5) is 0 Å². The first-order valence-electron chi connectivity index (χ1n) is 5.99. The van der Waals surface area contributed by atoms with E-state index in [1.165, 1.54) is 21.3 Å². The first kappa shape index (κ1) is 16.4. The number of carboxylic acid groups (broad SMARTS) is 1. The van der Waals surface area contributed by atoms with E-state index >= 15 is 0 Å². The molecule has 0 unspecified atom stereocenters. The number of halogens is 1. The van der Waals surface area contributed by atoms with Gasteiger partial charge in [0.25, 0.3) is 0 Å². The first-order chi connectivity index (χ1) is 9.28. The molecule has 0 bridgehead atoms. The van der Waals surface area contributed by atoms with Gasteiger partial charge in [0.05, 0.1) is 31.8 Å². The zero-order valence-corrected chi connectivity index (χ0v) is 13.0. The van der Waals surface area contributed by atoms with E-state index in [0.717, 1.165) is 0 Å². The third-order valence-electron chi connectivity index (χ3n) is 3.07. The zero-order chi connectivity index (χ0) is 15.5. The van der Waals surface area contributed by atoms with Gasteiger partial charge in [-0.1, -0.05) is 11.6 Å². The highest BCUT2D eigenvalue weighted by atomic mass is 35.5. The van der Waals surface area contributed by atoms with Crippen molar-refractivity contribution in [3.8, 4) is 17.2 Å². The molecular formula is C14H19ClO5. The van der Waals surface area contributed by atoms with Gasteiger partial charge in [-0.2, -0.15) is 0 Å². The molecule has 1 rings (SSSR count). The summed E-state index contributed by atoms with van der Waals surface area (Å²) in [6.07, 6.45) is 0.200. The highest BCUT2D eigenvalue weighted by Crippen LogP contribution is 2.45. The summed E-state index contributed by atoms with van der Waals surface area (Å²) in [5, 5.41) is 9.63. The van der Waals surface area contributed by atoms with Gasteiger partial charge in [0, 0.05) is 11.6 Å². The average molecular weight is 303 g/mol. The predicted octanol–water partition coefficient (Wildman–Crippen LogP) is 3.02. The van der Waals surface area contributed by atoms with E-state index in [4.69, 9.17) is 25.8 Å².